The molecule has 4 aliphatic rings. The first kappa shape index (κ1) is 12.6. The quantitative estimate of drug-likeness (QED) is 0.880. The topological polar surface area (TPSA) is 21.3 Å². The Balaban J connectivity index is 1.58. The minimum atomic E-state index is 0.169. The maximum Gasteiger partial charge on any atom is 0.120 e. The van der Waals surface area contributed by atoms with E-state index in [2.05, 4.69) is 30.4 Å². The molecule has 4 aliphatic carbocycles. The molecule has 1 N–H and O–H groups in total. The number of anilines is 1. The zero-order valence-corrected chi connectivity index (χ0v) is 12.6. The lowest BCUT2D eigenvalue weighted by Crippen LogP contribution is -2.53. The van der Waals surface area contributed by atoms with E-state index < -0.39 is 0 Å². The Morgan fingerprint density at radius 1 is 1.05 bits per heavy atom. The summed E-state index contributed by atoms with van der Waals surface area (Å²) in [5.41, 5.74) is 2.64. The van der Waals surface area contributed by atoms with Crippen LogP contribution in [0.1, 0.15) is 44.1 Å². The predicted molar refractivity (Wildman–Crippen MR) is 82.3 cm³/mol. The van der Waals surface area contributed by atoms with Crippen LogP contribution >= 0.6 is 0 Å². The van der Waals surface area contributed by atoms with Crippen LogP contribution in [-0.4, -0.2) is 12.6 Å². The van der Waals surface area contributed by atoms with Crippen LogP contribution in [0.5, 0.6) is 5.75 Å². The summed E-state index contributed by atoms with van der Waals surface area (Å²) in [5, 5.41) is 3.23. The minimum absolute atomic E-state index is 0.169. The molecular formula is C18H25NO. The van der Waals surface area contributed by atoms with Crippen molar-refractivity contribution in [3.63, 3.8) is 0 Å². The molecule has 0 unspecified atom stereocenters. The minimum Gasteiger partial charge on any atom is -0.487 e. The van der Waals surface area contributed by atoms with Gasteiger partial charge in [0.05, 0.1) is 0 Å². The number of hydrogen-bond acceptors (Lipinski definition) is 2. The van der Waals surface area contributed by atoms with Crippen molar-refractivity contribution in [2.24, 2.45) is 17.8 Å². The summed E-state index contributed by atoms with van der Waals surface area (Å²) in [6.45, 7) is 2.15. The van der Waals surface area contributed by atoms with Crippen LogP contribution in [0.4, 0.5) is 5.69 Å². The van der Waals surface area contributed by atoms with E-state index in [4.69, 9.17) is 4.74 Å². The summed E-state index contributed by atoms with van der Waals surface area (Å²) >= 11 is 0. The lowest BCUT2D eigenvalue weighted by atomic mass is 9.54. The van der Waals surface area contributed by atoms with Crippen molar-refractivity contribution in [1.29, 1.82) is 0 Å². The number of ether oxygens (including phenoxy) is 1. The molecule has 0 atom stereocenters. The summed E-state index contributed by atoms with van der Waals surface area (Å²) in [4.78, 5) is 0. The Kier molecular flexibility index (Phi) is 2.77. The van der Waals surface area contributed by atoms with Gasteiger partial charge < -0.3 is 10.1 Å². The fraction of sp³-hybridized carbons (Fsp3) is 0.667. The van der Waals surface area contributed by atoms with Gasteiger partial charge in [0.1, 0.15) is 11.4 Å². The Morgan fingerprint density at radius 3 is 2.15 bits per heavy atom. The van der Waals surface area contributed by atoms with E-state index in [0.717, 1.165) is 23.5 Å². The van der Waals surface area contributed by atoms with Gasteiger partial charge in [-0.2, -0.15) is 0 Å². The van der Waals surface area contributed by atoms with Crippen molar-refractivity contribution in [3.05, 3.63) is 23.8 Å². The lowest BCUT2D eigenvalue weighted by Gasteiger charge is -2.56. The molecule has 0 radical (unpaired) electrons. The van der Waals surface area contributed by atoms with Gasteiger partial charge in [-0.1, -0.05) is 0 Å². The first-order valence-corrected chi connectivity index (χ1v) is 8.13. The van der Waals surface area contributed by atoms with Crippen LogP contribution in [-0.2, 0) is 0 Å². The third-order valence-electron chi connectivity index (χ3n) is 5.78. The first-order valence-electron chi connectivity index (χ1n) is 8.13. The highest BCUT2D eigenvalue weighted by Crippen LogP contribution is 2.57. The van der Waals surface area contributed by atoms with Gasteiger partial charge in [0.25, 0.3) is 0 Å². The molecule has 20 heavy (non-hydrogen) atoms. The first-order chi connectivity index (χ1) is 9.66. The molecule has 2 heteroatoms. The molecule has 5 rings (SSSR count). The van der Waals surface area contributed by atoms with Crippen molar-refractivity contribution in [3.8, 4) is 5.75 Å². The van der Waals surface area contributed by atoms with Gasteiger partial charge in [-0.25, -0.2) is 0 Å². The van der Waals surface area contributed by atoms with E-state index in [9.17, 15) is 0 Å². The smallest absolute Gasteiger partial charge is 0.120 e. The molecule has 2 nitrogen and oxygen atoms in total. The highest BCUT2D eigenvalue weighted by molar-refractivity contribution is 5.53. The summed E-state index contributed by atoms with van der Waals surface area (Å²) in [6, 6.07) is 6.48. The van der Waals surface area contributed by atoms with E-state index in [1.165, 1.54) is 49.8 Å². The number of hydrogen-bond donors (Lipinski definition) is 1. The van der Waals surface area contributed by atoms with Crippen molar-refractivity contribution >= 4 is 5.69 Å². The molecule has 4 bridgehead atoms. The Bertz CT molecular complexity index is 487. The molecule has 0 aromatic heterocycles. The SMILES string of the molecule is CNc1ccc(OC23CC4CC(CC(C4)C2)C3)cc1C. The van der Waals surface area contributed by atoms with Crippen molar-refractivity contribution in [1.82, 2.24) is 0 Å². The van der Waals surface area contributed by atoms with Gasteiger partial charge in [0, 0.05) is 12.7 Å². The summed E-state index contributed by atoms with van der Waals surface area (Å²) in [6.07, 6.45) is 8.31. The van der Waals surface area contributed by atoms with Gasteiger partial charge in [0.2, 0.25) is 0 Å². The van der Waals surface area contributed by atoms with Gasteiger partial charge in [-0.3, -0.25) is 0 Å². The van der Waals surface area contributed by atoms with Crippen LogP contribution in [0.25, 0.3) is 0 Å². The molecule has 4 saturated carbocycles. The van der Waals surface area contributed by atoms with Crippen LogP contribution in [0.3, 0.4) is 0 Å². The van der Waals surface area contributed by atoms with Crippen LogP contribution in [0.15, 0.2) is 18.2 Å². The van der Waals surface area contributed by atoms with Gasteiger partial charge in [-0.05, 0) is 87.0 Å². The summed E-state index contributed by atoms with van der Waals surface area (Å²) in [7, 11) is 1.97. The third-order valence-corrected chi connectivity index (χ3v) is 5.78. The average molecular weight is 271 g/mol. The second-order valence-electron chi connectivity index (χ2n) is 7.43. The summed E-state index contributed by atoms with van der Waals surface area (Å²) < 4.78 is 6.57. The van der Waals surface area contributed by atoms with Gasteiger partial charge >= 0.3 is 0 Å². The summed E-state index contributed by atoms with van der Waals surface area (Å²) in [5.74, 6) is 3.90. The van der Waals surface area contributed by atoms with Gasteiger partial charge in [0.15, 0.2) is 0 Å². The fourth-order valence-corrected chi connectivity index (χ4v) is 5.39. The molecule has 0 aliphatic heterocycles. The van der Waals surface area contributed by atoms with Crippen molar-refractivity contribution in [2.45, 2.75) is 51.0 Å². The predicted octanol–water partition coefficient (Wildman–Crippen LogP) is 4.38. The zero-order valence-electron chi connectivity index (χ0n) is 12.6. The van der Waals surface area contributed by atoms with E-state index in [1.54, 1.807) is 0 Å². The molecule has 1 aromatic carbocycles. The van der Waals surface area contributed by atoms with Gasteiger partial charge in [-0.15, -0.1) is 0 Å². The van der Waals surface area contributed by atoms with E-state index in [1.807, 2.05) is 7.05 Å². The third kappa shape index (κ3) is 2.01. The average Bonchev–Trinajstić information content (AvgIpc) is 2.36. The van der Waals surface area contributed by atoms with Crippen molar-refractivity contribution < 1.29 is 4.74 Å². The van der Waals surface area contributed by atoms with E-state index >= 15 is 0 Å². The van der Waals surface area contributed by atoms with Crippen molar-refractivity contribution in [2.75, 3.05) is 12.4 Å². The fourth-order valence-electron chi connectivity index (χ4n) is 5.39. The molecule has 0 saturated heterocycles. The Labute approximate surface area is 121 Å². The maximum atomic E-state index is 6.57. The standard InChI is InChI=1S/C18H25NO/c1-12-5-16(3-4-17(12)19-2)20-18-9-13-6-14(10-18)8-15(7-13)11-18/h3-5,13-15,19H,6-11H2,1-2H3. The lowest BCUT2D eigenvalue weighted by molar-refractivity contribution is -0.107. The molecule has 0 spiro atoms. The number of aryl methyl sites for hydroxylation is 1. The maximum absolute atomic E-state index is 6.57. The Morgan fingerprint density at radius 2 is 1.65 bits per heavy atom. The second kappa shape index (κ2) is 4.41. The highest BCUT2D eigenvalue weighted by Gasteiger charge is 2.52. The largest absolute Gasteiger partial charge is 0.487 e. The Hall–Kier alpha value is -1.18. The second-order valence-corrected chi connectivity index (χ2v) is 7.43. The number of rotatable bonds is 3. The normalized spacial score (nSPS) is 38.0. The van der Waals surface area contributed by atoms with Crippen LogP contribution in [0, 0.1) is 24.7 Å². The van der Waals surface area contributed by atoms with E-state index in [-0.39, 0.29) is 5.60 Å². The highest BCUT2D eigenvalue weighted by atomic mass is 16.5. The molecular weight excluding hydrogens is 246 g/mol. The number of nitrogens with one attached hydrogen (secondary N) is 1. The monoisotopic (exact) mass is 271 g/mol. The molecule has 0 amide bonds. The van der Waals surface area contributed by atoms with Crippen LogP contribution in [0.2, 0.25) is 0 Å². The van der Waals surface area contributed by atoms with E-state index in [0.29, 0.717) is 0 Å². The molecule has 108 valence electrons. The zero-order chi connectivity index (χ0) is 13.7. The number of benzene rings is 1. The molecule has 1 aromatic rings. The molecule has 4 fully saturated rings. The molecule has 0 heterocycles. The van der Waals surface area contributed by atoms with Crippen LogP contribution < -0.4 is 10.1 Å².